The predicted molar refractivity (Wildman–Crippen MR) is 92.7 cm³/mol. The highest BCUT2D eigenvalue weighted by atomic mass is 32.2. The lowest BCUT2D eigenvalue weighted by Crippen LogP contribution is -2.42. The van der Waals surface area contributed by atoms with Gasteiger partial charge in [-0.3, -0.25) is 14.9 Å². The number of aromatic nitrogens is 2. The Morgan fingerprint density at radius 1 is 1.30 bits per heavy atom. The first-order valence-corrected chi connectivity index (χ1v) is 8.71. The molecule has 122 valence electrons. The van der Waals surface area contributed by atoms with Crippen molar-refractivity contribution < 1.29 is 4.79 Å². The molecule has 2 heterocycles. The molecule has 0 aliphatic carbocycles. The molecule has 1 fully saturated rings. The Labute approximate surface area is 137 Å². The van der Waals surface area contributed by atoms with Gasteiger partial charge in [0.15, 0.2) is 5.82 Å². The molecular weight excluding hydrogens is 314 g/mol. The minimum absolute atomic E-state index is 0.0580. The highest BCUT2D eigenvalue weighted by Gasteiger charge is 2.21. The Balaban J connectivity index is 1.48. The molecule has 1 aliphatic heterocycles. The third-order valence-electron chi connectivity index (χ3n) is 3.67. The molecule has 1 aromatic carbocycles. The maximum atomic E-state index is 11.8. The van der Waals surface area contributed by atoms with Crippen LogP contribution in [0, 0.1) is 0 Å². The van der Waals surface area contributed by atoms with E-state index < -0.39 is 0 Å². The maximum absolute atomic E-state index is 11.8. The Hall–Kier alpha value is -2.06. The molecule has 7 nitrogen and oxygen atoms in total. The van der Waals surface area contributed by atoms with Gasteiger partial charge < -0.3 is 10.6 Å². The lowest BCUT2D eigenvalue weighted by Gasteiger charge is -2.11. The van der Waals surface area contributed by atoms with Crippen molar-refractivity contribution >= 4 is 34.3 Å². The minimum Gasteiger partial charge on any atom is -0.368 e. The van der Waals surface area contributed by atoms with Gasteiger partial charge in [-0.1, -0.05) is 18.2 Å². The number of thioether (sulfide) groups is 1. The molecule has 0 bridgehead atoms. The number of nitrogens with zero attached hydrogens (tertiary/aromatic N) is 1. The second kappa shape index (κ2) is 7.47. The van der Waals surface area contributed by atoms with Crippen molar-refractivity contribution in [3.63, 3.8) is 0 Å². The second-order valence-corrected chi connectivity index (χ2v) is 6.32. The number of amides is 1. The molecule has 0 spiro atoms. The summed E-state index contributed by atoms with van der Waals surface area (Å²) in [5.74, 6) is 2.38. The average molecular weight is 333 g/mol. The van der Waals surface area contributed by atoms with E-state index in [1.54, 1.807) is 17.8 Å². The first-order valence-electron chi connectivity index (χ1n) is 7.56. The fourth-order valence-electron chi connectivity index (χ4n) is 2.44. The summed E-state index contributed by atoms with van der Waals surface area (Å²) in [6.07, 6.45) is 0.779. The molecule has 23 heavy (non-hydrogen) atoms. The Morgan fingerprint density at radius 3 is 2.91 bits per heavy atom. The summed E-state index contributed by atoms with van der Waals surface area (Å²) in [4.78, 5) is 23.5. The van der Waals surface area contributed by atoms with Gasteiger partial charge in [-0.05, 0) is 12.5 Å². The van der Waals surface area contributed by atoms with Crippen molar-refractivity contribution in [1.29, 1.82) is 0 Å². The van der Waals surface area contributed by atoms with Gasteiger partial charge in [0.25, 0.3) is 5.56 Å². The third-order valence-corrected chi connectivity index (χ3v) is 4.61. The van der Waals surface area contributed by atoms with Gasteiger partial charge in [0.1, 0.15) is 0 Å². The smallest absolute Gasteiger partial charge is 0.272 e. The minimum atomic E-state index is -0.194. The molecule has 3 rings (SSSR count). The summed E-state index contributed by atoms with van der Waals surface area (Å²) in [5.41, 5.74) is -0.194. The highest BCUT2D eigenvalue weighted by molar-refractivity contribution is 7.99. The summed E-state index contributed by atoms with van der Waals surface area (Å²) in [5, 5.41) is 17.2. The van der Waals surface area contributed by atoms with Crippen molar-refractivity contribution in [3.05, 3.63) is 34.6 Å². The molecule has 0 unspecified atom stereocenters. The number of carbonyl (C=O) groups excluding carboxylic acids is 1. The van der Waals surface area contributed by atoms with Gasteiger partial charge in [-0.2, -0.15) is 5.10 Å². The van der Waals surface area contributed by atoms with Crippen LogP contribution in [0.25, 0.3) is 10.8 Å². The summed E-state index contributed by atoms with van der Waals surface area (Å²) in [6, 6.07) is 7.27. The van der Waals surface area contributed by atoms with E-state index in [4.69, 9.17) is 0 Å². The molecule has 1 aliphatic rings. The van der Waals surface area contributed by atoms with Gasteiger partial charge >= 0.3 is 0 Å². The van der Waals surface area contributed by atoms with Crippen LogP contribution in [0.3, 0.4) is 0 Å². The van der Waals surface area contributed by atoms with E-state index in [-0.39, 0.29) is 17.5 Å². The summed E-state index contributed by atoms with van der Waals surface area (Å²) in [7, 11) is 0. The van der Waals surface area contributed by atoms with Crippen molar-refractivity contribution in [2.24, 2.45) is 0 Å². The summed E-state index contributed by atoms with van der Waals surface area (Å²) in [6.45, 7) is 1.27. The number of fused-ring (bicyclic) bond motifs is 1. The second-order valence-electron chi connectivity index (χ2n) is 5.29. The van der Waals surface area contributed by atoms with Gasteiger partial charge in [0.2, 0.25) is 5.91 Å². The van der Waals surface area contributed by atoms with Crippen LogP contribution in [-0.4, -0.2) is 46.9 Å². The van der Waals surface area contributed by atoms with Crippen molar-refractivity contribution in [2.75, 3.05) is 30.0 Å². The van der Waals surface area contributed by atoms with E-state index in [2.05, 4.69) is 26.1 Å². The van der Waals surface area contributed by atoms with E-state index in [1.165, 1.54) is 0 Å². The molecule has 1 aromatic heterocycles. The van der Waals surface area contributed by atoms with Crippen molar-refractivity contribution in [1.82, 2.24) is 20.8 Å². The zero-order chi connectivity index (χ0) is 16.1. The van der Waals surface area contributed by atoms with Gasteiger partial charge in [-0.15, -0.1) is 11.8 Å². The van der Waals surface area contributed by atoms with Gasteiger partial charge in [0, 0.05) is 30.1 Å². The number of hydrogen-bond donors (Lipinski definition) is 4. The Morgan fingerprint density at radius 2 is 2.13 bits per heavy atom. The van der Waals surface area contributed by atoms with Crippen LogP contribution in [0.15, 0.2) is 29.1 Å². The fraction of sp³-hybridized carbons (Fsp3) is 0.400. The number of anilines is 1. The quantitative estimate of drug-likeness (QED) is 0.575. The van der Waals surface area contributed by atoms with E-state index in [1.807, 2.05) is 18.2 Å². The SMILES string of the molecule is O=C(NCCCNc1n[nH]c(=O)c2ccccc12)[C@H]1CSCN1. The van der Waals surface area contributed by atoms with Gasteiger partial charge in [0.05, 0.1) is 11.4 Å². The van der Waals surface area contributed by atoms with E-state index in [9.17, 15) is 9.59 Å². The molecule has 2 aromatic rings. The molecule has 4 N–H and O–H groups in total. The summed E-state index contributed by atoms with van der Waals surface area (Å²) >= 11 is 1.73. The normalized spacial score (nSPS) is 17.3. The number of benzene rings is 1. The van der Waals surface area contributed by atoms with Crippen LogP contribution in [0.4, 0.5) is 5.82 Å². The maximum Gasteiger partial charge on any atom is 0.272 e. The van der Waals surface area contributed by atoms with Crippen molar-refractivity contribution in [2.45, 2.75) is 12.5 Å². The number of aromatic amines is 1. The van der Waals surface area contributed by atoms with Crippen LogP contribution < -0.4 is 21.5 Å². The van der Waals surface area contributed by atoms with Gasteiger partial charge in [-0.25, -0.2) is 5.10 Å². The average Bonchev–Trinajstić information content (AvgIpc) is 3.11. The standard InChI is InChI=1S/C15H19N5O2S/c21-14-11-5-2-1-4-10(11)13(19-20-14)16-6-3-7-17-15(22)12-8-23-9-18-12/h1-2,4-5,12,18H,3,6-9H2,(H,16,19)(H,17,22)(H,20,21)/t12-/m1/s1. The predicted octanol–water partition coefficient (Wildman–Crippen LogP) is 0.504. The number of H-pyrrole nitrogens is 1. The largest absolute Gasteiger partial charge is 0.368 e. The Kier molecular flexibility index (Phi) is 5.14. The van der Waals surface area contributed by atoms with Crippen LogP contribution in [0.1, 0.15) is 6.42 Å². The molecule has 0 saturated carbocycles. The highest BCUT2D eigenvalue weighted by Crippen LogP contribution is 2.16. The third kappa shape index (κ3) is 3.83. The topological polar surface area (TPSA) is 98.9 Å². The zero-order valence-corrected chi connectivity index (χ0v) is 13.4. The van der Waals surface area contributed by atoms with E-state index >= 15 is 0 Å². The van der Waals surface area contributed by atoms with E-state index in [0.717, 1.165) is 23.4 Å². The Bertz CT molecular complexity index is 742. The molecular formula is C15H19N5O2S. The molecule has 0 radical (unpaired) electrons. The van der Waals surface area contributed by atoms with E-state index in [0.29, 0.717) is 24.3 Å². The lowest BCUT2D eigenvalue weighted by atomic mass is 10.2. The first-order chi connectivity index (χ1) is 11.3. The molecule has 1 amide bonds. The first kappa shape index (κ1) is 15.8. The number of nitrogens with one attached hydrogen (secondary N) is 4. The van der Waals surface area contributed by atoms with Crippen LogP contribution in [0.5, 0.6) is 0 Å². The summed E-state index contributed by atoms with van der Waals surface area (Å²) < 4.78 is 0. The molecule has 1 atom stereocenters. The van der Waals surface area contributed by atoms with Crippen molar-refractivity contribution in [3.8, 4) is 0 Å². The molecule has 1 saturated heterocycles. The van der Waals surface area contributed by atoms with Crippen LogP contribution in [-0.2, 0) is 4.79 Å². The van der Waals surface area contributed by atoms with Crippen LogP contribution >= 0.6 is 11.8 Å². The lowest BCUT2D eigenvalue weighted by molar-refractivity contribution is -0.122. The number of carbonyl (C=O) groups is 1. The fourth-order valence-corrected chi connectivity index (χ4v) is 3.38. The number of rotatable bonds is 6. The zero-order valence-electron chi connectivity index (χ0n) is 12.6. The molecule has 8 heteroatoms. The monoisotopic (exact) mass is 333 g/mol. The number of hydrogen-bond acceptors (Lipinski definition) is 6. The van der Waals surface area contributed by atoms with Crippen LogP contribution in [0.2, 0.25) is 0 Å².